The molecule has 0 aromatic carbocycles. The van der Waals surface area contributed by atoms with Gasteiger partial charge < -0.3 is 14.8 Å². The molecule has 0 saturated heterocycles. The summed E-state index contributed by atoms with van der Waals surface area (Å²) in [5, 5.41) is 3.08. The van der Waals surface area contributed by atoms with E-state index < -0.39 is 0 Å². The third-order valence-corrected chi connectivity index (χ3v) is 3.29. The van der Waals surface area contributed by atoms with Gasteiger partial charge in [-0.3, -0.25) is 4.79 Å². The van der Waals surface area contributed by atoms with Crippen LogP contribution in [0, 0.1) is 5.92 Å². The van der Waals surface area contributed by atoms with Gasteiger partial charge in [-0.05, 0) is 31.6 Å². The van der Waals surface area contributed by atoms with Gasteiger partial charge in [0, 0.05) is 19.6 Å². The molecular formula is C13H25NO3. The summed E-state index contributed by atoms with van der Waals surface area (Å²) in [6.07, 6.45) is 5.16. The predicted molar refractivity (Wildman–Crippen MR) is 66.9 cm³/mol. The predicted octanol–water partition coefficient (Wildman–Crippen LogP) is 1.73. The van der Waals surface area contributed by atoms with Crippen LogP contribution in [0.1, 0.15) is 39.0 Å². The molecule has 0 heterocycles. The van der Waals surface area contributed by atoms with Crippen molar-refractivity contribution in [1.29, 1.82) is 0 Å². The maximum absolute atomic E-state index is 11.6. The summed E-state index contributed by atoms with van der Waals surface area (Å²) in [5.41, 5.74) is 0. The van der Waals surface area contributed by atoms with Gasteiger partial charge in [-0.25, -0.2) is 0 Å². The summed E-state index contributed by atoms with van der Waals surface area (Å²) < 4.78 is 10.1. The van der Waals surface area contributed by atoms with Gasteiger partial charge in [0.05, 0.1) is 19.8 Å². The van der Waals surface area contributed by atoms with Gasteiger partial charge in [-0.15, -0.1) is 0 Å². The molecule has 0 bridgehead atoms. The highest BCUT2D eigenvalue weighted by atomic mass is 16.5. The lowest BCUT2D eigenvalue weighted by Gasteiger charge is -2.26. The lowest BCUT2D eigenvalue weighted by atomic mass is 9.87. The number of carbonyl (C=O) groups excluding carboxylic acids is 1. The average molecular weight is 243 g/mol. The number of carbonyl (C=O) groups is 1. The summed E-state index contributed by atoms with van der Waals surface area (Å²) in [6.45, 7) is 3.91. The molecule has 1 saturated carbocycles. The largest absolute Gasteiger partial charge is 0.382 e. The minimum Gasteiger partial charge on any atom is -0.382 e. The Kier molecular flexibility index (Phi) is 7.21. The van der Waals surface area contributed by atoms with E-state index in [4.69, 9.17) is 9.47 Å². The van der Waals surface area contributed by atoms with E-state index >= 15 is 0 Å². The second-order valence-electron chi connectivity index (χ2n) is 4.88. The van der Waals surface area contributed by atoms with Crippen LogP contribution in [0.5, 0.6) is 0 Å². The smallest absolute Gasteiger partial charge is 0.222 e. The number of methoxy groups -OCH3 is 1. The number of hydrogen-bond donors (Lipinski definition) is 1. The lowest BCUT2D eigenvalue weighted by molar-refractivity contribution is -0.123. The zero-order chi connectivity index (χ0) is 12.5. The fourth-order valence-electron chi connectivity index (χ4n) is 2.11. The van der Waals surface area contributed by atoms with E-state index in [2.05, 4.69) is 12.2 Å². The molecule has 1 fully saturated rings. The number of ether oxygens (including phenoxy) is 2. The summed E-state index contributed by atoms with van der Waals surface area (Å²) in [4.78, 5) is 11.6. The van der Waals surface area contributed by atoms with Gasteiger partial charge in [0.1, 0.15) is 0 Å². The molecule has 1 N–H and O–H groups in total. The SMILES string of the molecule is COCCOCCC(=O)NC1CCC(C)CC1. The Morgan fingerprint density at radius 1 is 1.18 bits per heavy atom. The molecule has 0 aromatic rings. The first-order chi connectivity index (χ1) is 8.22. The van der Waals surface area contributed by atoms with Crippen LogP contribution in [0.3, 0.4) is 0 Å². The molecule has 1 amide bonds. The molecule has 1 aliphatic carbocycles. The fraction of sp³-hybridized carbons (Fsp3) is 0.923. The second-order valence-corrected chi connectivity index (χ2v) is 4.88. The molecule has 17 heavy (non-hydrogen) atoms. The van der Waals surface area contributed by atoms with Crippen molar-refractivity contribution >= 4 is 5.91 Å². The Bertz CT molecular complexity index is 213. The molecule has 0 radical (unpaired) electrons. The van der Waals surface area contributed by atoms with Crippen molar-refractivity contribution in [2.75, 3.05) is 26.9 Å². The van der Waals surface area contributed by atoms with Crippen molar-refractivity contribution in [3.8, 4) is 0 Å². The number of hydrogen-bond acceptors (Lipinski definition) is 3. The highest BCUT2D eigenvalue weighted by molar-refractivity contribution is 5.76. The average Bonchev–Trinajstić information content (AvgIpc) is 2.32. The van der Waals surface area contributed by atoms with Gasteiger partial charge >= 0.3 is 0 Å². The molecule has 4 nitrogen and oxygen atoms in total. The Morgan fingerprint density at radius 3 is 2.53 bits per heavy atom. The minimum absolute atomic E-state index is 0.113. The standard InChI is InChI=1S/C13H25NO3/c1-11-3-5-12(6-4-11)14-13(15)7-8-17-10-9-16-2/h11-12H,3-10H2,1-2H3,(H,14,15). The zero-order valence-corrected chi connectivity index (χ0v) is 11.0. The monoisotopic (exact) mass is 243 g/mol. The van der Waals surface area contributed by atoms with Crippen LogP contribution in [0.15, 0.2) is 0 Å². The van der Waals surface area contributed by atoms with E-state index in [9.17, 15) is 4.79 Å². The molecule has 0 aliphatic heterocycles. The van der Waals surface area contributed by atoms with Gasteiger partial charge in [0.25, 0.3) is 0 Å². The Hall–Kier alpha value is -0.610. The van der Waals surface area contributed by atoms with Crippen LogP contribution in [-0.4, -0.2) is 38.9 Å². The molecular weight excluding hydrogens is 218 g/mol. The third-order valence-electron chi connectivity index (χ3n) is 3.29. The van der Waals surface area contributed by atoms with E-state index in [1.165, 1.54) is 12.8 Å². The molecule has 0 unspecified atom stereocenters. The molecule has 1 rings (SSSR count). The minimum atomic E-state index is 0.113. The van der Waals surface area contributed by atoms with Crippen molar-refractivity contribution in [2.45, 2.75) is 45.1 Å². The highest BCUT2D eigenvalue weighted by Crippen LogP contribution is 2.23. The fourth-order valence-corrected chi connectivity index (χ4v) is 2.11. The molecule has 0 spiro atoms. The van der Waals surface area contributed by atoms with Gasteiger partial charge in [-0.1, -0.05) is 6.92 Å². The first-order valence-electron chi connectivity index (χ1n) is 6.58. The number of nitrogens with one attached hydrogen (secondary N) is 1. The van der Waals surface area contributed by atoms with Crippen molar-refractivity contribution < 1.29 is 14.3 Å². The van der Waals surface area contributed by atoms with Crippen LogP contribution in [0.25, 0.3) is 0 Å². The van der Waals surface area contributed by atoms with Gasteiger partial charge in [0.15, 0.2) is 0 Å². The first-order valence-corrected chi connectivity index (χ1v) is 6.58. The van der Waals surface area contributed by atoms with Crippen LogP contribution in [-0.2, 0) is 14.3 Å². The maximum Gasteiger partial charge on any atom is 0.222 e. The first kappa shape index (κ1) is 14.5. The van der Waals surface area contributed by atoms with E-state index in [-0.39, 0.29) is 5.91 Å². The van der Waals surface area contributed by atoms with E-state index in [0.717, 1.165) is 18.8 Å². The van der Waals surface area contributed by atoms with Crippen molar-refractivity contribution in [1.82, 2.24) is 5.32 Å². The van der Waals surface area contributed by atoms with Crippen LogP contribution >= 0.6 is 0 Å². The highest BCUT2D eigenvalue weighted by Gasteiger charge is 2.19. The molecule has 4 heteroatoms. The van der Waals surface area contributed by atoms with Crippen molar-refractivity contribution in [3.63, 3.8) is 0 Å². The normalized spacial score (nSPS) is 24.6. The van der Waals surface area contributed by atoms with Crippen molar-refractivity contribution in [2.24, 2.45) is 5.92 Å². The summed E-state index contributed by atoms with van der Waals surface area (Å²) in [7, 11) is 1.64. The quantitative estimate of drug-likeness (QED) is 0.693. The maximum atomic E-state index is 11.6. The van der Waals surface area contributed by atoms with E-state index in [1.807, 2.05) is 0 Å². The van der Waals surface area contributed by atoms with Crippen LogP contribution in [0.2, 0.25) is 0 Å². The number of rotatable bonds is 7. The van der Waals surface area contributed by atoms with Crippen LogP contribution < -0.4 is 5.32 Å². The third kappa shape index (κ3) is 6.64. The summed E-state index contributed by atoms with van der Waals surface area (Å²) in [5.74, 6) is 0.933. The van der Waals surface area contributed by atoms with Crippen LogP contribution in [0.4, 0.5) is 0 Å². The molecule has 0 aromatic heterocycles. The second kappa shape index (κ2) is 8.48. The Labute approximate surface area is 104 Å². The Balaban J connectivity index is 2.00. The van der Waals surface area contributed by atoms with Gasteiger partial charge in [0.2, 0.25) is 5.91 Å². The van der Waals surface area contributed by atoms with Gasteiger partial charge in [-0.2, -0.15) is 0 Å². The van der Waals surface area contributed by atoms with E-state index in [1.54, 1.807) is 7.11 Å². The lowest BCUT2D eigenvalue weighted by Crippen LogP contribution is -2.37. The zero-order valence-electron chi connectivity index (χ0n) is 11.0. The van der Waals surface area contributed by atoms with E-state index in [0.29, 0.717) is 32.3 Å². The Morgan fingerprint density at radius 2 is 1.88 bits per heavy atom. The topological polar surface area (TPSA) is 47.6 Å². The summed E-state index contributed by atoms with van der Waals surface area (Å²) in [6, 6.07) is 0.387. The number of amides is 1. The van der Waals surface area contributed by atoms with Crippen molar-refractivity contribution in [3.05, 3.63) is 0 Å². The molecule has 100 valence electrons. The molecule has 0 atom stereocenters. The molecule has 1 aliphatic rings. The summed E-state index contributed by atoms with van der Waals surface area (Å²) >= 11 is 0.